The van der Waals surface area contributed by atoms with E-state index in [-0.39, 0.29) is 0 Å². The Kier molecular flexibility index (Phi) is 3.94. The molecule has 166 valence electrons. The van der Waals surface area contributed by atoms with Crippen LogP contribution in [0.4, 0.5) is 0 Å². The van der Waals surface area contributed by atoms with Crippen LogP contribution < -0.4 is 0 Å². The summed E-state index contributed by atoms with van der Waals surface area (Å²) in [6.07, 6.45) is 5.59. The number of nitrogens with zero attached hydrogens (tertiary/aromatic N) is 3. The number of hydrogen-bond acceptors (Lipinski definition) is 3. The van der Waals surface area contributed by atoms with E-state index in [4.69, 9.17) is 4.98 Å². The molecule has 0 aliphatic rings. The summed E-state index contributed by atoms with van der Waals surface area (Å²) >= 11 is 0. The predicted octanol–water partition coefficient (Wildman–Crippen LogP) is 8.46. The normalized spacial score (nSPS) is 11.9. The number of fused-ring (bicyclic) bond motifs is 12. The third kappa shape index (κ3) is 2.60. The first-order valence-corrected chi connectivity index (χ1v) is 12.1. The first-order valence-electron chi connectivity index (χ1n) is 12.1. The molecule has 3 heteroatoms. The van der Waals surface area contributed by atoms with Gasteiger partial charge >= 0.3 is 0 Å². The third-order valence-corrected chi connectivity index (χ3v) is 7.41. The standard InChI is InChI=1S/C33H19N3/c1-2-10-24-22(8-1)23-9-3-5-12-27(23)32-29(24)16-20(17-35-32)21-14-7-15-26-30-18-34-19-36-33(30)28-13-6-4-11-25(28)31(21)26/h1-19H. The molecule has 0 amide bonds. The van der Waals surface area contributed by atoms with Crippen molar-refractivity contribution in [2.45, 2.75) is 0 Å². The molecule has 0 saturated carbocycles. The topological polar surface area (TPSA) is 38.7 Å². The lowest BCUT2D eigenvalue weighted by Crippen LogP contribution is -1.91. The third-order valence-electron chi connectivity index (χ3n) is 7.41. The van der Waals surface area contributed by atoms with E-state index in [1.165, 1.54) is 43.3 Å². The summed E-state index contributed by atoms with van der Waals surface area (Å²) in [6, 6.07) is 34.5. The first-order chi connectivity index (χ1) is 17.9. The minimum Gasteiger partial charge on any atom is -0.255 e. The fourth-order valence-corrected chi connectivity index (χ4v) is 5.87. The molecule has 0 radical (unpaired) electrons. The zero-order chi connectivity index (χ0) is 23.6. The molecular weight excluding hydrogens is 438 g/mol. The number of rotatable bonds is 1. The molecule has 0 saturated heterocycles. The van der Waals surface area contributed by atoms with Crippen molar-refractivity contribution in [3.63, 3.8) is 0 Å². The van der Waals surface area contributed by atoms with Gasteiger partial charge in [-0.25, -0.2) is 9.97 Å². The van der Waals surface area contributed by atoms with Gasteiger partial charge in [0.25, 0.3) is 0 Å². The van der Waals surface area contributed by atoms with Gasteiger partial charge in [-0.3, -0.25) is 4.98 Å². The second-order valence-corrected chi connectivity index (χ2v) is 9.27. The summed E-state index contributed by atoms with van der Waals surface area (Å²) < 4.78 is 0. The van der Waals surface area contributed by atoms with Crippen molar-refractivity contribution in [3.05, 3.63) is 116 Å². The van der Waals surface area contributed by atoms with Gasteiger partial charge in [0, 0.05) is 39.5 Å². The van der Waals surface area contributed by atoms with Crippen LogP contribution in [0, 0.1) is 0 Å². The van der Waals surface area contributed by atoms with Crippen LogP contribution in [-0.4, -0.2) is 15.0 Å². The molecule has 0 bridgehead atoms. The molecule has 0 aliphatic heterocycles. The van der Waals surface area contributed by atoms with E-state index in [1.807, 2.05) is 12.4 Å². The Morgan fingerprint density at radius 2 is 0.972 bits per heavy atom. The van der Waals surface area contributed by atoms with E-state index in [9.17, 15) is 0 Å². The monoisotopic (exact) mass is 457 g/mol. The highest BCUT2D eigenvalue weighted by molar-refractivity contribution is 6.28. The van der Waals surface area contributed by atoms with Crippen LogP contribution in [0.15, 0.2) is 116 Å². The molecular formula is C33H19N3. The maximum atomic E-state index is 5.06. The van der Waals surface area contributed by atoms with Gasteiger partial charge in [-0.1, -0.05) is 91.0 Å². The van der Waals surface area contributed by atoms with Crippen molar-refractivity contribution >= 4 is 64.9 Å². The Labute approximate surface area is 206 Å². The molecule has 0 spiro atoms. The number of pyridine rings is 1. The fraction of sp³-hybridized carbons (Fsp3) is 0. The first kappa shape index (κ1) is 19.4. The summed E-state index contributed by atoms with van der Waals surface area (Å²) in [4.78, 5) is 14.1. The summed E-state index contributed by atoms with van der Waals surface area (Å²) in [5, 5.41) is 11.8. The average Bonchev–Trinajstić information content (AvgIpc) is 2.97. The second-order valence-electron chi connectivity index (χ2n) is 9.27. The van der Waals surface area contributed by atoms with Crippen molar-refractivity contribution in [1.29, 1.82) is 0 Å². The Morgan fingerprint density at radius 1 is 0.417 bits per heavy atom. The van der Waals surface area contributed by atoms with E-state index in [1.54, 1.807) is 6.33 Å². The lowest BCUT2D eigenvalue weighted by atomic mass is 9.90. The molecule has 6 aromatic carbocycles. The van der Waals surface area contributed by atoms with Crippen LogP contribution in [0.1, 0.15) is 0 Å². The van der Waals surface area contributed by atoms with E-state index < -0.39 is 0 Å². The highest BCUT2D eigenvalue weighted by Gasteiger charge is 2.15. The number of aromatic nitrogens is 3. The number of hydrogen-bond donors (Lipinski definition) is 0. The lowest BCUT2D eigenvalue weighted by molar-refractivity contribution is 1.23. The van der Waals surface area contributed by atoms with Crippen LogP contribution >= 0.6 is 0 Å². The van der Waals surface area contributed by atoms with Gasteiger partial charge in [-0.05, 0) is 43.9 Å². The molecule has 8 rings (SSSR count). The smallest absolute Gasteiger partial charge is 0.116 e. The molecule has 0 fully saturated rings. The van der Waals surface area contributed by atoms with Gasteiger partial charge in [0.1, 0.15) is 6.33 Å². The molecule has 2 aromatic heterocycles. The van der Waals surface area contributed by atoms with Crippen molar-refractivity contribution in [1.82, 2.24) is 15.0 Å². The average molecular weight is 458 g/mol. The lowest BCUT2D eigenvalue weighted by Gasteiger charge is -2.15. The van der Waals surface area contributed by atoms with E-state index >= 15 is 0 Å². The molecule has 0 N–H and O–H groups in total. The Hall–Kier alpha value is -4.89. The quantitative estimate of drug-likeness (QED) is 0.232. The summed E-state index contributed by atoms with van der Waals surface area (Å²) in [5.74, 6) is 0. The largest absolute Gasteiger partial charge is 0.255 e. The minimum atomic E-state index is 0.986. The van der Waals surface area contributed by atoms with Crippen LogP contribution in [-0.2, 0) is 0 Å². The van der Waals surface area contributed by atoms with Crippen LogP contribution in [0.2, 0.25) is 0 Å². The van der Waals surface area contributed by atoms with Gasteiger partial charge in [0.05, 0.1) is 11.0 Å². The molecule has 36 heavy (non-hydrogen) atoms. The van der Waals surface area contributed by atoms with Crippen molar-refractivity contribution in [3.8, 4) is 11.1 Å². The highest BCUT2D eigenvalue weighted by Crippen LogP contribution is 2.41. The Balaban J connectivity index is 1.54. The van der Waals surface area contributed by atoms with Gasteiger partial charge < -0.3 is 0 Å². The van der Waals surface area contributed by atoms with E-state index in [0.717, 1.165) is 32.8 Å². The SMILES string of the molecule is c1ccc2c(c1)c1ccccc1c1ncc(-c3cccc4c5cncnc5c5ccccc5c34)cc21. The highest BCUT2D eigenvalue weighted by atomic mass is 14.8. The molecule has 2 heterocycles. The molecule has 0 atom stereocenters. The summed E-state index contributed by atoms with van der Waals surface area (Å²) in [5.41, 5.74) is 4.30. The van der Waals surface area contributed by atoms with Gasteiger partial charge in [0.15, 0.2) is 0 Å². The molecule has 0 aliphatic carbocycles. The van der Waals surface area contributed by atoms with Gasteiger partial charge in [0.2, 0.25) is 0 Å². The van der Waals surface area contributed by atoms with Gasteiger partial charge in [-0.2, -0.15) is 0 Å². The Bertz CT molecular complexity index is 2080. The van der Waals surface area contributed by atoms with Crippen molar-refractivity contribution in [2.24, 2.45) is 0 Å². The van der Waals surface area contributed by atoms with Crippen LogP contribution in [0.5, 0.6) is 0 Å². The van der Waals surface area contributed by atoms with E-state index in [2.05, 4.69) is 107 Å². The fourth-order valence-electron chi connectivity index (χ4n) is 5.87. The van der Waals surface area contributed by atoms with Crippen molar-refractivity contribution < 1.29 is 0 Å². The van der Waals surface area contributed by atoms with Crippen LogP contribution in [0.3, 0.4) is 0 Å². The van der Waals surface area contributed by atoms with Gasteiger partial charge in [-0.15, -0.1) is 0 Å². The zero-order valence-corrected chi connectivity index (χ0v) is 19.3. The maximum Gasteiger partial charge on any atom is 0.116 e. The second kappa shape index (κ2) is 7.30. The summed E-state index contributed by atoms with van der Waals surface area (Å²) in [7, 11) is 0. The predicted molar refractivity (Wildman–Crippen MR) is 150 cm³/mol. The minimum absolute atomic E-state index is 0.986. The molecule has 8 aromatic rings. The van der Waals surface area contributed by atoms with E-state index in [0.29, 0.717) is 0 Å². The Morgan fingerprint density at radius 3 is 1.75 bits per heavy atom. The maximum absolute atomic E-state index is 5.06. The van der Waals surface area contributed by atoms with Crippen molar-refractivity contribution in [2.75, 3.05) is 0 Å². The van der Waals surface area contributed by atoms with Crippen LogP contribution in [0.25, 0.3) is 76.0 Å². The summed E-state index contributed by atoms with van der Waals surface area (Å²) in [6.45, 7) is 0. The molecule has 3 nitrogen and oxygen atoms in total. The zero-order valence-electron chi connectivity index (χ0n) is 19.3. The number of benzene rings is 6. The molecule has 0 unspecified atom stereocenters.